The molecule has 0 bridgehead atoms. The molecule has 4 nitrogen and oxygen atoms in total. The minimum absolute atomic E-state index is 0.0628. The molecule has 1 heterocycles. The summed E-state index contributed by atoms with van der Waals surface area (Å²) < 4.78 is 12.0. The van der Waals surface area contributed by atoms with Gasteiger partial charge in [0.25, 0.3) is 0 Å². The summed E-state index contributed by atoms with van der Waals surface area (Å²) in [5.74, 6) is 0.424. The maximum atomic E-state index is 12.7. The van der Waals surface area contributed by atoms with E-state index >= 15 is 0 Å². The fraction of sp³-hybridized carbons (Fsp3) is 0.826. The van der Waals surface area contributed by atoms with Crippen LogP contribution in [-0.2, 0) is 9.16 Å². The molecule has 5 heteroatoms. The highest BCUT2D eigenvalue weighted by Gasteiger charge is 2.38. The zero-order chi connectivity index (χ0) is 21.8. The molecule has 0 aromatic heterocycles. The van der Waals surface area contributed by atoms with Crippen LogP contribution in [0.25, 0.3) is 0 Å². The predicted molar refractivity (Wildman–Crippen MR) is 120 cm³/mol. The van der Waals surface area contributed by atoms with Crippen LogP contribution in [0, 0.1) is 5.92 Å². The van der Waals surface area contributed by atoms with Crippen molar-refractivity contribution < 1.29 is 14.0 Å². The highest BCUT2D eigenvalue weighted by atomic mass is 28.4. The zero-order valence-electron chi connectivity index (χ0n) is 19.9. The Morgan fingerprint density at radius 1 is 1.21 bits per heavy atom. The minimum atomic E-state index is -1.78. The van der Waals surface area contributed by atoms with E-state index in [2.05, 4.69) is 59.5 Å². The Morgan fingerprint density at radius 2 is 1.82 bits per heavy atom. The van der Waals surface area contributed by atoms with Crippen LogP contribution in [-0.4, -0.2) is 44.1 Å². The number of hydrogen-bond donors (Lipinski definition) is 0. The lowest BCUT2D eigenvalue weighted by molar-refractivity contribution is 0.0246. The Morgan fingerprint density at radius 3 is 2.32 bits per heavy atom. The molecule has 0 aromatic rings. The molecule has 1 unspecified atom stereocenters. The first kappa shape index (κ1) is 25.0. The number of hydrogen-bond acceptors (Lipinski definition) is 3. The Hall–Kier alpha value is -1.03. The number of likely N-dealkylation sites (tertiary alicyclic amines) is 1. The van der Waals surface area contributed by atoms with E-state index in [1.54, 1.807) is 0 Å². The van der Waals surface area contributed by atoms with Crippen molar-refractivity contribution >= 4 is 14.4 Å². The summed E-state index contributed by atoms with van der Waals surface area (Å²) in [6.07, 6.45) is 4.66. The number of carbonyl (C=O) groups excluding carboxylic acids is 1. The first-order chi connectivity index (χ1) is 12.6. The van der Waals surface area contributed by atoms with Gasteiger partial charge < -0.3 is 14.1 Å². The minimum Gasteiger partial charge on any atom is -0.444 e. The Kier molecular flexibility index (Phi) is 8.61. The summed E-state index contributed by atoms with van der Waals surface area (Å²) in [5.41, 5.74) is 4.20. The summed E-state index contributed by atoms with van der Waals surface area (Å²) in [6.45, 7) is 22.8. The average molecular weight is 410 g/mol. The largest absolute Gasteiger partial charge is 0.444 e. The summed E-state index contributed by atoms with van der Waals surface area (Å²) >= 11 is 0. The number of amides is 1. The molecule has 1 aliphatic heterocycles. The SMILES string of the molecule is CC(C)C=C=C(CCO[Si](C)(C)C(C)(C)C)C1CCCN1C(=O)OC(C)(C)C. The smallest absolute Gasteiger partial charge is 0.410 e. The molecule has 1 rings (SSSR count). The van der Waals surface area contributed by atoms with Gasteiger partial charge in [-0.15, -0.1) is 5.73 Å². The summed E-state index contributed by atoms with van der Waals surface area (Å²) in [4.78, 5) is 14.6. The van der Waals surface area contributed by atoms with Gasteiger partial charge in [-0.05, 0) is 69.3 Å². The number of carbonyl (C=O) groups is 1. The fourth-order valence-electron chi connectivity index (χ4n) is 2.91. The van der Waals surface area contributed by atoms with Crippen molar-refractivity contribution in [1.82, 2.24) is 4.90 Å². The molecule has 1 aliphatic rings. The van der Waals surface area contributed by atoms with Crippen molar-refractivity contribution in [1.29, 1.82) is 0 Å². The molecule has 1 fully saturated rings. The van der Waals surface area contributed by atoms with Gasteiger partial charge in [0.15, 0.2) is 8.32 Å². The molecule has 1 atom stereocenters. The van der Waals surface area contributed by atoms with Crippen LogP contribution in [0.5, 0.6) is 0 Å². The molecule has 0 aromatic carbocycles. The number of nitrogens with zero attached hydrogens (tertiary/aromatic N) is 1. The van der Waals surface area contributed by atoms with Crippen LogP contribution in [0.4, 0.5) is 4.79 Å². The molecule has 0 saturated carbocycles. The van der Waals surface area contributed by atoms with E-state index in [1.165, 1.54) is 0 Å². The predicted octanol–water partition coefficient (Wildman–Crippen LogP) is 6.54. The quantitative estimate of drug-likeness (QED) is 0.369. The van der Waals surface area contributed by atoms with Gasteiger partial charge in [-0.1, -0.05) is 34.6 Å². The van der Waals surface area contributed by atoms with Crippen molar-refractivity contribution in [2.75, 3.05) is 13.2 Å². The van der Waals surface area contributed by atoms with E-state index in [4.69, 9.17) is 9.16 Å². The van der Waals surface area contributed by atoms with E-state index in [0.29, 0.717) is 12.5 Å². The lowest BCUT2D eigenvalue weighted by Gasteiger charge is -2.36. The van der Waals surface area contributed by atoms with Crippen molar-refractivity contribution in [2.24, 2.45) is 5.92 Å². The summed E-state index contributed by atoms with van der Waals surface area (Å²) in [6, 6.07) is 0.0628. The van der Waals surface area contributed by atoms with Crippen LogP contribution < -0.4 is 0 Å². The molecule has 0 aliphatic carbocycles. The maximum Gasteiger partial charge on any atom is 0.410 e. The molecular formula is C23H43NO3Si. The van der Waals surface area contributed by atoms with Crippen molar-refractivity contribution in [3.8, 4) is 0 Å². The summed E-state index contributed by atoms with van der Waals surface area (Å²) in [7, 11) is -1.78. The third kappa shape index (κ3) is 7.77. The van der Waals surface area contributed by atoms with Gasteiger partial charge >= 0.3 is 6.09 Å². The first-order valence-electron chi connectivity index (χ1n) is 10.7. The molecular weight excluding hydrogens is 366 g/mol. The van der Waals surface area contributed by atoms with E-state index in [1.807, 2.05) is 25.7 Å². The van der Waals surface area contributed by atoms with Crippen molar-refractivity contribution in [3.63, 3.8) is 0 Å². The third-order valence-electron chi connectivity index (χ3n) is 5.53. The van der Waals surface area contributed by atoms with E-state index in [9.17, 15) is 4.79 Å². The highest BCUT2D eigenvalue weighted by molar-refractivity contribution is 6.74. The van der Waals surface area contributed by atoms with Gasteiger partial charge in [0, 0.05) is 19.6 Å². The van der Waals surface area contributed by atoms with Crippen LogP contribution >= 0.6 is 0 Å². The monoisotopic (exact) mass is 409 g/mol. The second-order valence-corrected chi connectivity index (χ2v) is 15.6. The molecule has 1 amide bonds. The van der Waals surface area contributed by atoms with Crippen LogP contribution in [0.2, 0.25) is 18.1 Å². The Balaban J connectivity index is 2.95. The molecule has 0 radical (unpaired) electrons. The van der Waals surface area contributed by atoms with Crippen LogP contribution in [0.15, 0.2) is 17.4 Å². The van der Waals surface area contributed by atoms with Gasteiger partial charge in [-0.3, -0.25) is 0 Å². The number of ether oxygens (including phenoxy) is 1. The highest BCUT2D eigenvalue weighted by Crippen LogP contribution is 2.37. The average Bonchev–Trinajstić information content (AvgIpc) is 2.97. The second kappa shape index (κ2) is 9.64. The Labute approximate surface area is 174 Å². The third-order valence-corrected chi connectivity index (χ3v) is 10.1. The fourth-order valence-corrected chi connectivity index (χ4v) is 3.95. The van der Waals surface area contributed by atoms with Gasteiger partial charge in [0.2, 0.25) is 0 Å². The van der Waals surface area contributed by atoms with Gasteiger partial charge in [0.05, 0.1) is 6.04 Å². The van der Waals surface area contributed by atoms with Crippen LogP contribution in [0.1, 0.15) is 74.7 Å². The van der Waals surface area contributed by atoms with E-state index < -0.39 is 13.9 Å². The molecule has 162 valence electrons. The van der Waals surface area contributed by atoms with Gasteiger partial charge in [-0.25, -0.2) is 4.79 Å². The number of rotatable bonds is 6. The molecule has 0 N–H and O–H groups in total. The molecule has 1 saturated heterocycles. The zero-order valence-corrected chi connectivity index (χ0v) is 20.9. The summed E-state index contributed by atoms with van der Waals surface area (Å²) in [5, 5.41) is 0.195. The normalized spacial score (nSPS) is 18.2. The topological polar surface area (TPSA) is 38.8 Å². The van der Waals surface area contributed by atoms with Gasteiger partial charge in [-0.2, -0.15) is 0 Å². The van der Waals surface area contributed by atoms with Crippen molar-refractivity contribution in [3.05, 3.63) is 17.4 Å². The first-order valence-corrected chi connectivity index (χ1v) is 13.6. The molecule has 0 spiro atoms. The Bertz CT molecular complexity index is 590. The second-order valence-electron chi connectivity index (χ2n) is 10.8. The lowest BCUT2D eigenvalue weighted by atomic mass is 10.0. The van der Waals surface area contributed by atoms with Gasteiger partial charge in [0.1, 0.15) is 5.60 Å². The van der Waals surface area contributed by atoms with E-state index in [0.717, 1.165) is 31.4 Å². The van der Waals surface area contributed by atoms with E-state index in [-0.39, 0.29) is 17.2 Å². The molecule has 28 heavy (non-hydrogen) atoms. The lowest BCUT2D eigenvalue weighted by Crippen LogP contribution is -2.42. The maximum absolute atomic E-state index is 12.7. The van der Waals surface area contributed by atoms with Crippen molar-refractivity contribution in [2.45, 2.75) is 104 Å². The van der Waals surface area contributed by atoms with Crippen LogP contribution in [0.3, 0.4) is 0 Å². The standard InChI is InChI=1S/C23H43NO3Si/c1-18(2)13-14-19(15-17-26-28(9,10)23(6,7)8)20-12-11-16-24(20)21(25)27-22(3,4)5/h13,18,20H,11-12,15-17H2,1-10H3.